The number of Topliss-reactive ketones (excluding diaryl/α,β-unsaturated/α-hetero) is 1. The predicted octanol–water partition coefficient (Wildman–Crippen LogP) is 6.96. The first-order valence-corrected chi connectivity index (χ1v) is 14.6. The van der Waals surface area contributed by atoms with Crippen molar-refractivity contribution < 1.29 is 28.7 Å². The predicted molar refractivity (Wildman–Crippen MR) is 161 cm³/mol. The lowest BCUT2D eigenvalue weighted by molar-refractivity contribution is -0.154. The van der Waals surface area contributed by atoms with Gasteiger partial charge in [-0.25, -0.2) is 9.80 Å². The van der Waals surface area contributed by atoms with Crippen LogP contribution in [0.25, 0.3) is 0 Å². The molecule has 1 heterocycles. The highest BCUT2D eigenvalue weighted by Gasteiger charge is 2.53. The van der Waals surface area contributed by atoms with Crippen LogP contribution in [0.2, 0.25) is 20.1 Å². The number of esters is 1. The molecule has 0 aromatic heterocycles. The normalized spacial score (nSPS) is 19.3. The fourth-order valence-electron chi connectivity index (χ4n) is 5.13. The van der Waals surface area contributed by atoms with Crippen molar-refractivity contribution in [2.45, 2.75) is 13.3 Å². The van der Waals surface area contributed by atoms with Crippen molar-refractivity contribution in [2.75, 3.05) is 6.54 Å². The topological polar surface area (TPSA) is 101 Å². The van der Waals surface area contributed by atoms with Crippen molar-refractivity contribution in [1.29, 1.82) is 0 Å². The molecule has 220 valence electrons. The number of hydrazine groups is 1. The summed E-state index contributed by atoms with van der Waals surface area (Å²) in [4.78, 5) is 66.7. The number of hydrogen-bond donors (Lipinski definition) is 0. The number of rotatable bonds is 7. The Labute approximate surface area is 266 Å². The van der Waals surface area contributed by atoms with Gasteiger partial charge in [-0.15, -0.1) is 0 Å². The summed E-state index contributed by atoms with van der Waals surface area (Å²) in [6.07, 6.45) is 4.05. The number of amides is 3. The third-order valence-electron chi connectivity index (χ3n) is 7.32. The van der Waals surface area contributed by atoms with Crippen LogP contribution in [0.1, 0.15) is 44.4 Å². The number of hydrogen-bond acceptors (Lipinski definition) is 6. The molecule has 8 nitrogen and oxygen atoms in total. The van der Waals surface area contributed by atoms with Crippen molar-refractivity contribution in [3.05, 3.63) is 110 Å². The van der Waals surface area contributed by atoms with E-state index >= 15 is 0 Å². The Morgan fingerprint density at radius 3 is 2.21 bits per heavy atom. The minimum atomic E-state index is -0.779. The Kier molecular flexibility index (Phi) is 8.94. The molecular formula is C31H22Cl4N2O6. The van der Waals surface area contributed by atoms with Gasteiger partial charge in [0, 0.05) is 16.1 Å². The molecule has 3 atom stereocenters. The van der Waals surface area contributed by atoms with Gasteiger partial charge in [0.15, 0.2) is 5.78 Å². The van der Waals surface area contributed by atoms with E-state index in [1.807, 2.05) is 19.1 Å². The monoisotopic (exact) mass is 658 g/mol. The molecule has 3 aromatic carbocycles. The van der Waals surface area contributed by atoms with E-state index in [-0.39, 0.29) is 43.4 Å². The average molecular weight is 660 g/mol. The standard InChI is InChI=1S/C31H22Cl4N2O6/c1-16-3-2-4-22-27(16)30(41)37(29(22)40)36(28(39)18-7-12-23(33)25(35)13-18)15-26(38)17-5-9-20(10-6-17)43-31(42)21-11-8-19(32)14-24(21)34/h2-3,5-14,16,22,27H,4,15H2,1H3/t16-,22-,27+/m1/s1. The fourth-order valence-corrected chi connectivity index (χ4v) is 5.92. The van der Waals surface area contributed by atoms with Crippen LogP contribution in [-0.2, 0) is 9.59 Å². The first-order valence-electron chi connectivity index (χ1n) is 13.1. The minimum Gasteiger partial charge on any atom is -0.423 e. The number of carbonyl (C=O) groups is 5. The van der Waals surface area contributed by atoms with Gasteiger partial charge in [-0.2, -0.15) is 5.01 Å². The van der Waals surface area contributed by atoms with E-state index < -0.39 is 47.9 Å². The van der Waals surface area contributed by atoms with Crippen molar-refractivity contribution in [3.63, 3.8) is 0 Å². The summed E-state index contributed by atoms with van der Waals surface area (Å²) in [5, 5.41) is 2.42. The van der Waals surface area contributed by atoms with Crippen LogP contribution in [0.15, 0.2) is 72.8 Å². The zero-order valence-electron chi connectivity index (χ0n) is 22.4. The third kappa shape index (κ3) is 6.19. The number of fused-ring (bicyclic) bond motifs is 1. The zero-order valence-corrected chi connectivity index (χ0v) is 25.5. The number of halogens is 4. The number of allylic oxidation sites excluding steroid dienone is 2. The first kappa shape index (κ1) is 30.8. The van der Waals surface area contributed by atoms with Crippen molar-refractivity contribution >= 4 is 75.9 Å². The van der Waals surface area contributed by atoms with Gasteiger partial charge in [0.25, 0.3) is 17.7 Å². The van der Waals surface area contributed by atoms with E-state index in [1.165, 1.54) is 60.7 Å². The molecule has 12 heteroatoms. The number of carbonyl (C=O) groups excluding carboxylic acids is 5. The lowest BCUT2D eigenvalue weighted by Gasteiger charge is -2.30. The second-order valence-electron chi connectivity index (χ2n) is 10.1. The minimum absolute atomic E-state index is 0.0342. The molecule has 1 aliphatic carbocycles. The van der Waals surface area contributed by atoms with Crippen LogP contribution >= 0.6 is 46.4 Å². The average Bonchev–Trinajstić information content (AvgIpc) is 3.23. The highest BCUT2D eigenvalue weighted by atomic mass is 35.5. The molecule has 0 spiro atoms. The van der Waals surface area contributed by atoms with Crippen LogP contribution < -0.4 is 4.74 Å². The molecule has 1 fully saturated rings. The van der Waals surface area contributed by atoms with Gasteiger partial charge in [-0.05, 0) is 73.0 Å². The van der Waals surface area contributed by atoms with Gasteiger partial charge in [-0.1, -0.05) is 65.5 Å². The van der Waals surface area contributed by atoms with Gasteiger partial charge >= 0.3 is 5.97 Å². The van der Waals surface area contributed by atoms with Crippen LogP contribution in [-0.4, -0.2) is 46.0 Å². The molecule has 2 aliphatic rings. The molecule has 5 rings (SSSR count). The number of imide groups is 1. The maximum atomic E-state index is 13.7. The van der Waals surface area contributed by atoms with Crippen LogP contribution in [0.5, 0.6) is 5.75 Å². The summed E-state index contributed by atoms with van der Waals surface area (Å²) in [5.41, 5.74) is 0.280. The summed E-state index contributed by atoms with van der Waals surface area (Å²) in [5.74, 6) is -4.59. The quantitative estimate of drug-likeness (QED) is 0.0894. The summed E-state index contributed by atoms with van der Waals surface area (Å²) >= 11 is 24.1. The Bertz CT molecular complexity index is 1690. The van der Waals surface area contributed by atoms with Gasteiger partial charge < -0.3 is 4.74 Å². The molecule has 3 amide bonds. The molecule has 0 saturated carbocycles. The molecule has 0 radical (unpaired) electrons. The Balaban J connectivity index is 1.39. The smallest absolute Gasteiger partial charge is 0.345 e. The van der Waals surface area contributed by atoms with Gasteiger partial charge in [0.1, 0.15) is 12.3 Å². The maximum absolute atomic E-state index is 13.7. The molecule has 3 aromatic rings. The molecule has 1 aliphatic heterocycles. The molecule has 1 saturated heterocycles. The van der Waals surface area contributed by atoms with Crippen LogP contribution in [0, 0.1) is 17.8 Å². The lowest BCUT2D eigenvalue weighted by Crippen LogP contribution is -2.52. The Morgan fingerprint density at radius 1 is 0.860 bits per heavy atom. The summed E-state index contributed by atoms with van der Waals surface area (Å²) in [6.45, 7) is 1.20. The van der Waals surface area contributed by atoms with Crippen molar-refractivity contribution in [2.24, 2.45) is 17.8 Å². The van der Waals surface area contributed by atoms with Crippen LogP contribution in [0.4, 0.5) is 0 Å². The van der Waals surface area contributed by atoms with Crippen molar-refractivity contribution in [1.82, 2.24) is 10.0 Å². The summed E-state index contributed by atoms with van der Waals surface area (Å²) < 4.78 is 5.36. The second kappa shape index (κ2) is 12.5. The first-order chi connectivity index (χ1) is 20.5. The number of benzene rings is 3. The SMILES string of the molecule is C[C@@H]1C=CC[C@H]2C(=O)N(N(CC(=O)c3ccc(OC(=O)c4ccc(Cl)cc4Cl)cc3)C(=O)c3ccc(Cl)c(Cl)c3)C(=O)[C@@H]12. The number of ether oxygens (including phenoxy) is 1. The Hall–Kier alpha value is -3.69. The van der Waals surface area contributed by atoms with Crippen LogP contribution in [0.3, 0.4) is 0 Å². The van der Waals surface area contributed by atoms with Gasteiger partial charge in [-0.3, -0.25) is 19.2 Å². The maximum Gasteiger partial charge on any atom is 0.345 e. The van der Waals surface area contributed by atoms with E-state index in [2.05, 4.69) is 0 Å². The largest absolute Gasteiger partial charge is 0.423 e. The molecule has 0 N–H and O–H groups in total. The highest BCUT2D eigenvalue weighted by molar-refractivity contribution is 6.42. The molecule has 43 heavy (non-hydrogen) atoms. The van der Waals surface area contributed by atoms with Gasteiger partial charge in [0.05, 0.1) is 32.5 Å². The van der Waals surface area contributed by atoms with E-state index in [0.717, 1.165) is 10.0 Å². The summed E-state index contributed by atoms with van der Waals surface area (Å²) in [7, 11) is 0. The fraction of sp³-hybridized carbons (Fsp3) is 0.194. The second-order valence-corrected chi connectivity index (χ2v) is 11.8. The van der Waals surface area contributed by atoms with E-state index in [1.54, 1.807) is 0 Å². The van der Waals surface area contributed by atoms with Gasteiger partial charge in [0.2, 0.25) is 0 Å². The molecular weight excluding hydrogens is 638 g/mol. The molecule has 0 unspecified atom stereocenters. The third-order valence-corrected chi connectivity index (χ3v) is 8.61. The summed E-state index contributed by atoms with van der Waals surface area (Å²) in [6, 6.07) is 14.0. The highest BCUT2D eigenvalue weighted by Crippen LogP contribution is 2.39. The zero-order chi connectivity index (χ0) is 31.0. The van der Waals surface area contributed by atoms with E-state index in [9.17, 15) is 24.0 Å². The lowest BCUT2D eigenvalue weighted by atomic mass is 9.78. The number of ketones is 1. The van der Waals surface area contributed by atoms with Crippen molar-refractivity contribution in [3.8, 4) is 5.75 Å². The Morgan fingerprint density at radius 2 is 1.56 bits per heavy atom. The number of nitrogens with zero attached hydrogens (tertiary/aromatic N) is 2. The van der Waals surface area contributed by atoms with E-state index in [0.29, 0.717) is 11.4 Å². The molecule has 0 bridgehead atoms. The van der Waals surface area contributed by atoms with E-state index in [4.69, 9.17) is 51.1 Å².